The van der Waals surface area contributed by atoms with Crippen molar-refractivity contribution < 1.29 is 4.79 Å². The molecular weight excluding hydrogens is 380 g/mol. The fourth-order valence-corrected chi connectivity index (χ4v) is 3.53. The summed E-state index contributed by atoms with van der Waals surface area (Å²) >= 11 is 0. The van der Waals surface area contributed by atoms with E-state index in [0.29, 0.717) is 17.8 Å². The van der Waals surface area contributed by atoms with Crippen LogP contribution in [0.1, 0.15) is 28.2 Å². The average Bonchev–Trinajstić information content (AvgIpc) is 3.22. The lowest BCUT2D eigenvalue weighted by atomic mass is 10.0. The Labute approximate surface area is 173 Å². The summed E-state index contributed by atoms with van der Waals surface area (Å²) in [5.41, 5.74) is 5.48. The van der Waals surface area contributed by atoms with E-state index in [1.807, 2.05) is 48.9 Å². The van der Waals surface area contributed by atoms with Gasteiger partial charge in [-0.3, -0.25) is 19.0 Å². The Kier molecular flexibility index (Phi) is 5.22. The SMILES string of the molecule is Cc1cc(C)n(CCCNC(=O)c2cccc(-c3cnc4[nH]c(=O)n(C)c4c3)c2)n1. The van der Waals surface area contributed by atoms with Crippen LogP contribution in [0.2, 0.25) is 0 Å². The minimum atomic E-state index is -0.205. The number of fused-ring (bicyclic) bond motifs is 1. The number of nitrogens with one attached hydrogen (secondary N) is 2. The van der Waals surface area contributed by atoms with Crippen LogP contribution >= 0.6 is 0 Å². The van der Waals surface area contributed by atoms with E-state index in [4.69, 9.17) is 0 Å². The van der Waals surface area contributed by atoms with E-state index >= 15 is 0 Å². The van der Waals surface area contributed by atoms with Crippen LogP contribution in [-0.2, 0) is 13.6 Å². The maximum atomic E-state index is 12.6. The predicted molar refractivity (Wildman–Crippen MR) is 115 cm³/mol. The average molecular weight is 404 g/mol. The summed E-state index contributed by atoms with van der Waals surface area (Å²) in [6.45, 7) is 5.34. The topological polar surface area (TPSA) is 97.6 Å². The molecule has 1 amide bonds. The van der Waals surface area contributed by atoms with E-state index in [1.54, 1.807) is 19.3 Å². The van der Waals surface area contributed by atoms with Crippen molar-refractivity contribution in [2.75, 3.05) is 6.54 Å². The Bertz CT molecular complexity index is 1280. The largest absolute Gasteiger partial charge is 0.352 e. The van der Waals surface area contributed by atoms with Gasteiger partial charge < -0.3 is 5.32 Å². The minimum absolute atomic E-state index is 0.117. The zero-order valence-electron chi connectivity index (χ0n) is 17.3. The number of benzene rings is 1. The summed E-state index contributed by atoms with van der Waals surface area (Å²) in [6, 6.07) is 11.3. The van der Waals surface area contributed by atoms with Crippen LogP contribution in [0.4, 0.5) is 0 Å². The van der Waals surface area contributed by atoms with Crippen LogP contribution in [0, 0.1) is 13.8 Å². The van der Waals surface area contributed by atoms with Gasteiger partial charge in [-0.15, -0.1) is 0 Å². The summed E-state index contributed by atoms with van der Waals surface area (Å²) in [4.78, 5) is 31.4. The standard InChI is InChI=1S/C22H24N6O2/c1-14-10-15(2)28(26-14)9-5-8-23-21(29)17-7-4-6-16(11-17)18-12-19-20(24-13-18)25-22(30)27(19)3/h4,6-7,10-13H,5,8-9H2,1-3H3,(H,23,29)(H,24,25,30). The maximum absolute atomic E-state index is 12.6. The molecule has 3 heterocycles. The van der Waals surface area contributed by atoms with Crippen LogP contribution in [0.15, 0.2) is 47.4 Å². The van der Waals surface area contributed by atoms with Crippen LogP contribution in [0.25, 0.3) is 22.3 Å². The van der Waals surface area contributed by atoms with Gasteiger partial charge in [0.25, 0.3) is 5.91 Å². The van der Waals surface area contributed by atoms with Gasteiger partial charge in [-0.25, -0.2) is 9.78 Å². The predicted octanol–water partition coefficient (Wildman–Crippen LogP) is 2.56. The van der Waals surface area contributed by atoms with Gasteiger partial charge in [0.2, 0.25) is 0 Å². The van der Waals surface area contributed by atoms with Crippen molar-refractivity contribution in [3.63, 3.8) is 0 Å². The molecule has 3 aromatic heterocycles. The van der Waals surface area contributed by atoms with E-state index in [-0.39, 0.29) is 11.6 Å². The molecule has 0 unspecified atom stereocenters. The second kappa shape index (κ2) is 7.98. The molecule has 0 saturated carbocycles. The number of nitrogens with zero attached hydrogens (tertiary/aromatic N) is 4. The van der Waals surface area contributed by atoms with Crippen LogP contribution in [0.3, 0.4) is 0 Å². The molecule has 0 atom stereocenters. The van der Waals surface area contributed by atoms with Gasteiger partial charge in [0.1, 0.15) is 0 Å². The Morgan fingerprint density at radius 3 is 2.77 bits per heavy atom. The second-order valence-electron chi connectivity index (χ2n) is 7.42. The molecule has 30 heavy (non-hydrogen) atoms. The number of hydrogen-bond donors (Lipinski definition) is 2. The molecule has 8 nitrogen and oxygen atoms in total. The number of carbonyl (C=O) groups excluding carboxylic acids is 1. The van der Waals surface area contributed by atoms with E-state index < -0.39 is 0 Å². The highest BCUT2D eigenvalue weighted by atomic mass is 16.2. The summed E-state index contributed by atoms with van der Waals surface area (Å²) in [5, 5.41) is 7.40. The van der Waals surface area contributed by atoms with Gasteiger partial charge in [0, 0.05) is 43.2 Å². The number of amides is 1. The highest BCUT2D eigenvalue weighted by Gasteiger charge is 2.10. The van der Waals surface area contributed by atoms with Crippen molar-refractivity contribution >= 4 is 17.1 Å². The lowest BCUT2D eigenvalue weighted by Crippen LogP contribution is -2.25. The molecule has 4 rings (SSSR count). The molecule has 2 N–H and O–H groups in total. The lowest BCUT2D eigenvalue weighted by molar-refractivity contribution is 0.0952. The van der Waals surface area contributed by atoms with E-state index in [0.717, 1.165) is 41.0 Å². The molecule has 154 valence electrons. The van der Waals surface area contributed by atoms with Crippen LogP contribution in [0.5, 0.6) is 0 Å². The first-order chi connectivity index (χ1) is 14.4. The summed E-state index contributed by atoms with van der Waals surface area (Å²) in [7, 11) is 1.70. The molecule has 0 aliphatic heterocycles. The van der Waals surface area contributed by atoms with Crippen molar-refractivity contribution in [1.29, 1.82) is 0 Å². The van der Waals surface area contributed by atoms with Crippen molar-refractivity contribution in [3.8, 4) is 11.1 Å². The molecule has 0 spiro atoms. The van der Waals surface area contributed by atoms with Gasteiger partial charge in [-0.2, -0.15) is 5.10 Å². The Morgan fingerprint density at radius 2 is 2.00 bits per heavy atom. The van der Waals surface area contributed by atoms with E-state index in [2.05, 4.69) is 20.4 Å². The first-order valence-electron chi connectivity index (χ1n) is 9.87. The Morgan fingerprint density at radius 1 is 1.17 bits per heavy atom. The monoisotopic (exact) mass is 404 g/mol. The minimum Gasteiger partial charge on any atom is -0.352 e. The van der Waals surface area contributed by atoms with Gasteiger partial charge >= 0.3 is 5.69 Å². The highest BCUT2D eigenvalue weighted by Crippen LogP contribution is 2.22. The molecule has 0 bridgehead atoms. The van der Waals surface area contributed by atoms with Crippen molar-refractivity contribution in [2.45, 2.75) is 26.8 Å². The van der Waals surface area contributed by atoms with Crippen molar-refractivity contribution in [3.05, 3.63) is 70.0 Å². The number of aromatic amines is 1. The Hall–Kier alpha value is -3.68. The molecule has 0 aliphatic carbocycles. The number of pyridine rings is 1. The molecule has 0 fully saturated rings. The first kappa shape index (κ1) is 19.6. The summed E-state index contributed by atoms with van der Waals surface area (Å²) in [5.74, 6) is -0.117. The lowest BCUT2D eigenvalue weighted by Gasteiger charge is -2.08. The number of hydrogen-bond acceptors (Lipinski definition) is 4. The maximum Gasteiger partial charge on any atom is 0.327 e. The van der Waals surface area contributed by atoms with Crippen LogP contribution in [-0.4, -0.2) is 36.8 Å². The molecule has 0 saturated heterocycles. The summed E-state index contributed by atoms with van der Waals surface area (Å²) in [6.07, 6.45) is 2.50. The Balaban J connectivity index is 1.43. The van der Waals surface area contributed by atoms with Crippen molar-refractivity contribution in [1.82, 2.24) is 29.6 Å². The molecule has 0 aliphatic rings. The van der Waals surface area contributed by atoms with E-state index in [1.165, 1.54) is 4.57 Å². The number of rotatable bonds is 6. The number of aryl methyl sites for hydroxylation is 4. The third-order valence-corrected chi connectivity index (χ3v) is 5.15. The molecule has 0 radical (unpaired) electrons. The fourth-order valence-electron chi connectivity index (χ4n) is 3.53. The normalized spacial score (nSPS) is 11.2. The third kappa shape index (κ3) is 3.89. The van der Waals surface area contributed by atoms with Gasteiger partial charge in [0.05, 0.1) is 11.2 Å². The number of carbonyl (C=O) groups is 1. The van der Waals surface area contributed by atoms with Crippen molar-refractivity contribution in [2.24, 2.45) is 7.05 Å². The highest BCUT2D eigenvalue weighted by molar-refractivity contribution is 5.95. The molecule has 1 aromatic carbocycles. The van der Waals surface area contributed by atoms with Crippen LogP contribution < -0.4 is 11.0 Å². The second-order valence-corrected chi connectivity index (χ2v) is 7.42. The molecule has 8 heteroatoms. The summed E-state index contributed by atoms with van der Waals surface area (Å²) < 4.78 is 3.48. The first-order valence-corrected chi connectivity index (χ1v) is 9.87. The number of H-pyrrole nitrogens is 1. The fraction of sp³-hybridized carbons (Fsp3) is 0.273. The van der Waals surface area contributed by atoms with Gasteiger partial charge in [-0.1, -0.05) is 12.1 Å². The molecular formula is C22H24N6O2. The third-order valence-electron chi connectivity index (χ3n) is 5.15. The quantitative estimate of drug-likeness (QED) is 0.483. The van der Waals surface area contributed by atoms with E-state index in [9.17, 15) is 9.59 Å². The zero-order chi connectivity index (χ0) is 21.3. The number of aromatic nitrogens is 5. The number of imidazole rings is 1. The van der Waals surface area contributed by atoms with Gasteiger partial charge in [-0.05, 0) is 50.1 Å². The zero-order valence-corrected chi connectivity index (χ0v) is 17.3. The smallest absolute Gasteiger partial charge is 0.327 e. The molecule has 4 aromatic rings. The van der Waals surface area contributed by atoms with Gasteiger partial charge in [0.15, 0.2) is 5.65 Å².